The topological polar surface area (TPSA) is 39.2 Å². The lowest BCUT2D eigenvalue weighted by molar-refractivity contribution is 0.475. The molecule has 1 unspecified atom stereocenters. The molecule has 2 nitrogen and oxygen atoms in total. The highest BCUT2D eigenvalue weighted by Crippen LogP contribution is 2.32. The van der Waals surface area contributed by atoms with Gasteiger partial charge in [-0.05, 0) is 34.1 Å². The molecule has 102 valence electrons. The van der Waals surface area contributed by atoms with Crippen LogP contribution in [0.3, 0.4) is 0 Å². The van der Waals surface area contributed by atoms with Crippen LogP contribution in [-0.4, -0.2) is 0 Å². The molecule has 1 atom stereocenters. The van der Waals surface area contributed by atoms with Gasteiger partial charge in [-0.3, -0.25) is 0 Å². The lowest BCUT2D eigenvalue weighted by Gasteiger charge is -2.10. The van der Waals surface area contributed by atoms with Gasteiger partial charge in [0.05, 0.1) is 10.5 Å². The summed E-state index contributed by atoms with van der Waals surface area (Å²) in [4.78, 5) is 0. The van der Waals surface area contributed by atoms with E-state index < -0.39 is 17.7 Å². The second-order valence-corrected chi connectivity index (χ2v) is 5.28. The zero-order chi connectivity index (χ0) is 14.3. The van der Waals surface area contributed by atoms with Crippen molar-refractivity contribution in [3.05, 3.63) is 69.9 Å². The number of hydrogen-bond donors (Lipinski definition) is 1. The van der Waals surface area contributed by atoms with Gasteiger partial charge in [0, 0.05) is 10.9 Å². The molecule has 1 aromatic heterocycles. The molecule has 0 saturated heterocycles. The number of rotatable bonds is 2. The van der Waals surface area contributed by atoms with Gasteiger partial charge < -0.3 is 10.2 Å². The minimum Gasteiger partial charge on any atom is -0.458 e. The number of halogens is 3. The highest BCUT2D eigenvalue weighted by molar-refractivity contribution is 9.10. The van der Waals surface area contributed by atoms with Crippen molar-refractivity contribution < 1.29 is 13.2 Å². The van der Waals surface area contributed by atoms with E-state index in [1.807, 2.05) is 18.2 Å². The number of para-hydroxylation sites is 1. The number of furan rings is 1. The number of benzene rings is 2. The van der Waals surface area contributed by atoms with Crippen LogP contribution in [0.15, 0.2) is 51.4 Å². The van der Waals surface area contributed by atoms with Crippen molar-refractivity contribution in [2.24, 2.45) is 5.73 Å². The van der Waals surface area contributed by atoms with E-state index in [9.17, 15) is 8.78 Å². The van der Waals surface area contributed by atoms with Crippen molar-refractivity contribution in [1.82, 2.24) is 0 Å². The fourth-order valence-electron chi connectivity index (χ4n) is 2.11. The molecule has 0 fully saturated rings. The Morgan fingerprint density at radius 3 is 2.60 bits per heavy atom. The molecule has 0 radical (unpaired) electrons. The van der Waals surface area contributed by atoms with Crippen molar-refractivity contribution >= 4 is 26.9 Å². The molecule has 2 aromatic carbocycles. The van der Waals surface area contributed by atoms with Crippen LogP contribution in [0.5, 0.6) is 0 Å². The van der Waals surface area contributed by atoms with Crippen molar-refractivity contribution in [2.75, 3.05) is 0 Å². The molecule has 20 heavy (non-hydrogen) atoms. The Kier molecular flexibility index (Phi) is 3.31. The summed E-state index contributed by atoms with van der Waals surface area (Å²) in [6.45, 7) is 0. The number of nitrogens with two attached hydrogens (primary N) is 1. The Bertz CT molecular complexity index is 785. The Morgan fingerprint density at radius 2 is 1.85 bits per heavy atom. The van der Waals surface area contributed by atoms with Crippen LogP contribution in [0.2, 0.25) is 0 Å². The Balaban J connectivity index is 2.10. The van der Waals surface area contributed by atoms with Crippen molar-refractivity contribution in [1.29, 1.82) is 0 Å². The normalized spacial score (nSPS) is 12.8. The average Bonchev–Trinajstić information content (AvgIpc) is 2.87. The maximum atomic E-state index is 13.8. The molecule has 3 aromatic rings. The largest absolute Gasteiger partial charge is 0.458 e. The van der Waals surface area contributed by atoms with Crippen LogP contribution < -0.4 is 5.73 Å². The second-order valence-electron chi connectivity index (χ2n) is 4.43. The van der Waals surface area contributed by atoms with Gasteiger partial charge >= 0.3 is 0 Å². The minimum atomic E-state index is -0.945. The van der Waals surface area contributed by atoms with E-state index in [1.54, 1.807) is 6.07 Å². The summed E-state index contributed by atoms with van der Waals surface area (Å²) >= 11 is 3.37. The van der Waals surface area contributed by atoms with Gasteiger partial charge in [-0.1, -0.05) is 24.3 Å². The van der Waals surface area contributed by atoms with E-state index in [-0.39, 0.29) is 5.56 Å². The summed E-state index contributed by atoms with van der Waals surface area (Å²) in [6.07, 6.45) is 0. The quantitative estimate of drug-likeness (QED) is 0.746. The van der Waals surface area contributed by atoms with E-state index in [2.05, 4.69) is 15.9 Å². The van der Waals surface area contributed by atoms with Crippen LogP contribution in [-0.2, 0) is 0 Å². The molecule has 3 rings (SSSR count). The summed E-state index contributed by atoms with van der Waals surface area (Å²) in [5.74, 6) is -1.48. The van der Waals surface area contributed by atoms with Crippen molar-refractivity contribution in [3.8, 4) is 0 Å². The lowest BCUT2D eigenvalue weighted by Crippen LogP contribution is -2.13. The Morgan fingerprint density at radius 1 is 1.10 bits per heavy atom. The first-order valence-corrected chi connectivity index (χ1v) is 6.74. The van der Waals surface area contributed by atoms with Crippen molar-refractivity contribution in [3.63, 3.8) is 0 Å². The third-order valence-corrected chi connectivity index (χ3v) is 3.76. The number of fused-ring (bicyclic) bond motifs is 1. The molecule has 0 bridgehead atoms. The monoisotopic (exact) mass is 337 g/mol. The van der Waals surface area contributed by atoms with Gasteiger partial charge in [-0.2, -0.15) is 0 Å². The van der Waals surface area contributed by atoms with Gasteiger partial charge in [0.25, 0.3) is 0 Å². The standard InChI is InChI=1S/C15H10BrF2NO/c16-10-5-1-3-8-7-12(20-15(8)10)14(19)9-4-2-6-11(17)13(9)18/h1-7,14H,19H2. The molecular weight excluding hydrogens is 328 g/mol. The molecule has 1 heterocycles. The van der Waals surface area contributed by atoms with Gasteiger partial charge in [0.1, 0.15) is 11.3 Å². The summed E-state index contributed by atoms with van der Waals surface area (Å²) in [5.41, 5.74) is 6.69. The van der Waals surface area contributed by atoms with E-state index in [0.29, 0.717) is 11.3 Å². The molecule has 0 aliphatic rings. The van der Waals surface area contributed by atoms with Crippen molar-refractivity contribution in [2.45, 2.75) is 6.04 Å². The highest BCUT2D eigenvalue weighted by Gasteiger charge is 2.20. The molecule has 0 spiro atoms. The Hall–Kier alpha value is -1.72. The first-order valence-electron chi connectivity index (χ1n) is 5.95. The van der Waals surface area contributed by atoms with E-state index in [0.717, 1.165) is 15.9 Å². The van der Waals surface area contributed by atoms with Crippen LogP contribution in [0.1, 0.15) is 17.4 Å². The van der Waals surface area contributed by atoms with Crippen LogP contribution in [0.4, 0.5) is 8.78 Å². The number of hydrogen-bond acceptors (Lipinski definition) is 2. The average molecular weight is 338 g/mol. The van der Waals surface area contributed by atoms with Gasteiger partial charge in [-0.15, -0.1) is 0 Å². The second kappa shape index (κ2) is 5.00. The summed E-state index contributed by atoms with van der Waals surface area (Å²) in [5, 5.41) is 0.849. The fourth-order valence-corrected chi connectivity index (χ4v) is 2.58. The summed E-state index contributed by atoms with van der Waals surface area (Å²) in [6, 6.07) is 10.4. The lowest BCUT2D eigenvalue weighted by atomic mass is 10.0. The van der Waals surface area contributed by atoms with E-state index in [1.165, 1.54) is 12.1 Å². The molecule has 0 aliphatic heterocycles. The minimum absolute atomic E-state index is 0.0696. The van der Waals surface area contributed by atoms with Crippen LogP contribution >= 0.6 is 15.9 Å². The predicted molar refractivity (Wildman–Crippen MR) is 76.3 cm³/mol. The highest BCUT2D eigenvalue weighted by atomic mass is 79.9. The first-order chi connectivity index (χ1) is 9.58. The van der Waals surface area contributed by atoms with Gasteiger partial charge in [0.2, 0.25) is 0 Å². The predicted octanol–water partition coefficient (Wildman–Crippen LogP) is 4.52. The molecule has 0 amide bonds. The molecule has 0 saturated carbocycles. The molecular formula is C15H10BrF2NO. The molecule has 5 heteroatoms. The van der Waals surface area contributed by atoms with Gasteiger partial charge in [0.15, 0.2) is 11.6 Å². The Labute approximate surface area is 122 Å². The van der Waals surface area contributed by atoms with Gasteiger partial charge in [-0.25, -0.2) is 8.78 Å². The van der Waals surface area contributed by atoms with Crippen LogP contribution in [0.25, 0.3) is 11.0 Å². The smallest absolute Gasteiger partial charge is 0.164 e. The molecule has 2 N–H and O–H groups in total. The zero-order valence-electron chi connectivity index (χ0n) is 10.2. The zero-order valence-corrected chi connectivity index (χ0v) is 11.8. The summed E-state index contributed by atoms with van der Waals surface area (Å²) < 4.78 is 33.5. The molecule has 0 aliphatic carbocycles. The maximum Gasteiger partial charge on any atom is 0.164 e. The third kappa shape index (κ3) is 2.13. The summed E-state index contributed by atoms with van der Waals surface area (Å²) in [7, 11) is 0. The third-order valence-electron chi connectivity index (χ3n) is 3.14. The SMILES string of the molecule is NC(c1cc2cccc(Br)c2o1)c1cccc(F)c1F. The first kappa shape index (κ1) is 13.3. The van der Waals surface area contributed by atoms with E-state index >= 15 is 0 Å². The maximum absolute atomic E-state index is 13.8. The fraction of sp³-hybridized carbons (Fsp3) is 0.0667. The van der Waals surface area contributed by atoms with E-state index in [4.69, 9.17) is 10.2 Å². The van der Waals surface area contributed by atoms with Crippen LogP contribution in [0, 0.1) is 11.6 Å².